The van der Waals surface area contributed by atoms with Crippen LogP contribution in [0, 0.1) is 0 Å². The number of unbranched alkanes of at least 4 members (excludes halogenated alkanes) is 1. The molecule has 0 heterocycles. The van der Waals surface area contributed by atoms with Crippen molar-refractivity contribution in [2.75, 3.05) is 39.5 Å². The van der Waals surface area contributed by atoms with Gasteiger partial charge in [-0.1, -0.05) is 13.3 Å². The van der Waals surface area contributed by atoms with E-state index >= 15 is 0 Å². The van der Waals surface area contributed by atoms with E-state index in [1.54, 1.807) is 0 Å². The van der Waals surface area contributed by atoms with Crippen LogP contribution in [0.2, 0.25) is 0 Å². The molecular weight excluding hydrogens is 452 g/mol. The van der Waals surface area contributed by atoms with Gasteiger partial charge in [-0.2, -0.15) is 0 Å². The average Bonchev–Trinajstić information content (AvgIpc) is 2.81. The first-order valence-electron chi connectivity index (χ1n) is 11.6. The number of ether oxygens (including phenoxy) is 2. The van der Waals surface area contributed by atoms with Crippen LogP contribution in [0.15, 0.2) is 0 Å². The topological polar surface area (TPSA) is 192 Å². The Morgan fingerprint density at radius 3 is 1.88 bits per heavy atom. The zero-order chi connectivity index (χ0) is 25.9. The fraction of sp³-hybridized carbons (Fsp3) is 0.818. The summed E-state index contributed by atoms with van der Waals surface area (Å²) in [6, 6.07) is 0. The molecule has 0 fully saturated rings. The molecule has 4 atom stereocenters. The number of carbonyl (C=O) groups is 4. The highest BCUT2D eigenvalue weighted by molar-refractivity contribution is 5.84. The molecule has 6 N–H and O–H groups in total. The Hall–Kier alpha value is -1.96. The fourth-order valence-corrected chi connectivity index (χ4v) is 2.64. The summed E-state index contributed by atoms with van der Waals surface area (Å²) in [7, 11) is 0. The number of hydrogen-bond donors (Lipinski definition) is 6. The zero-order valence-electron chi connectivity index (χ0n) is 20.0. The summed E-state index contributed by atoms with van der Waals surface area (Å²) in [5.74, 6) is -1.96. The number of rotatable bonds is 21. The van der Waals surface area contributed by atoms with E-state index in [1.165, 1.54) is 6.92 Å². The summed E-state index contributed by atoms with van der Waals surface area (Å²) in [6.45, 7) is 4.94. The molecule has 0 spiro atoms. The molecule has 12 nitrogen and oxygen atoms in total. The lowest BCUT2D eigenvalue weighted by Gasteiger charge is -2.25. The lowest BCUT2D eigenvalue weighted by molar-refractivity contribution is -0.154. The van der Waals surface area contributed by atoms with Crippen molar-refractivity contribution in [2.45, 2.75) is 76.8 Å². The monoisotopic (exact) mass is 492 g/mol. The van der Waals surface area contributed by atoms with Crippen LogP contribution < -0.4 is 10.6 Å². The number of nitrogens with one attached hydrogen (secondary N) is 2. The maximum absolute atomic E-state index is 12.0. The number of hydrogen-bond acceptors (Lipinski definition) is 10. The number of aliphatic hydroxyl groups excluding tert-OH is 4. The van der Waals surface area contributed by atoms with Gasteiger partial charge < -0.3 is 40.5 Å². The quantitative estimate of drug-likeness (QED) is 0.0998. The van der Waals surface area contributed by atoms with Crippen molar-refractivity contribution in [3.63, 3.8) is 0 Å². The third-order valence-electron chi connectivity index (χ3n) is 4.79. The van der Waals surface area contributed by atoms with Crippen molar-refractivity contribution in [2.24, 2.45) is 0 Å². The molecule has 0 bridgehead atoms. The van der Waals surface area contributed by atoms with Crippen LogP contribution >= 0.6 is 0 Å². The molecule has 0 saturated carbocycles. The van der Waals surface area contributed by atoms with Gasteiger partial charge in [0.15, 0.2) is 11.9 Å². The van der Waals surface area contributed by atoms with Gasteiger partial charge >= 0.3 is 0 Å². The molecule has 0 aliphatic heterocycles. The maximum Gasteiger partial charge on any atom is 0.251 e. The Kier molecular flexibility index (Phi) is 18.2. The SMILES string of the molecule is CCCCNC(=O)[C@@H](O)[C@H](O)[C@H](O)[C@@H](O)C(=O)CCCNC(=O)CCOCCOCCC(C)=O. The van der Waals surface area contributed by atoms with Gasteiger partial charge in [-0.15, -0.1) is 0 Å². The zero-order valence-corrected chi connectivity index (χ0v) is 20.0. The molecule has 2 amide bonds. The van der Waals surface area contributed by atoms with E-state index in [4.69, 9.17) is 9.47 Å². The van der Waals surface area contributed by atoms with Crippen molar-refractivity contribution >= 4 is 23.4 Å². The average molecular weight is 493 g/mol. The summed E-state index contributed by atoms with van der Waals surface area (Å²) in [5.41, 5.74) is 0. The molecule has 0 saturated heterocycles. The second-order valence-electron chi connectivity index (χ2n) is 7.86. The van der Waals surface area contributed by atoms with Gasteiger partial charge in [-0.05, 0) is 19.8 Å². The summed E-state index contributed by atoms with van der Waals surface area (Å²) in [6.07, 6.45) is -6.17. The maximum atomic E-state index is 12.0. The van der Waals surface area contributed by atoms with E-state index in [0.717, 1.165) is 6.42 Å². The lowest BCUT2D eigenvalue weighted by Crippen LogP contribution is -2.52. The van der Waals surface area contributed by atoms with Crippen LogP contribution in [0.4, 0.5) is 0 Å². The van der Waals surface area contributed by atoms with E-state index in [2.05, 4.69) is 10.6 Å². The van der Waals surface area contributed by atoms with Crippen LogP contribution in [0.3, 0.4) is 0 Å². The predicted octanol–water partition coefficient (Wildman–Crippen LogP) is -1.79. The van der Waals surface area contributed by atoms with Gasteiger partial charge in [0.05, 0.1) is 26.4 Å². The van der Waals surface area contributed by atoms with E-state index in [0.29, 0.717) is 32.7 Å². The van der Waals surface area contributed by atoms with E-state index in [-0.39, 0.29) is 50.6 Å². The molecule has 0 aromatic heterocycles. The predicted molar refractivity (Wildman–Crippen MR) is 121 cm³/mol. The molecule has 0 aliphatic carbocycles. The Bertz CT molecular complexity index is 616. The van der Waals surface area contributed by atoms with Crippen molar-refractivity contribution in [1.82, 2.24) is 10.6 Å². The van der Waals surface area contributed by atoms with Crippen molar-refractivity contribution in [1.29, 1.82) is 0 Å². The lowest BCUT2D eigenvalue weighted by atomic mass is 9.97. The Balaban J connectivity index is 4.00. The molecule has 34 heavy (non-hydrogen) atoms. The number of Topliss-reactive ketones (excluding diaryl/α,β-unsaturated/α-hetero) is 2. The van der Waals surface area contributed by atoms with Gasteiger partial charge in [0.25, 0.3) is 5.91 Å². The highest BCUT2D eigenvalue weighted by Crippen LogP contribution is 2.09. The first-order chi connectivity index (χ1) is 16.1. The van der Waals surface area contributed by atoms with Gasteiger partial charge in [0, 0.05) is 32.4 Å². The fourth-order valence-electron chi connectivity index (χ4n) is 2.64. The van der Waals surface area contributed by atoms with Gasteiger partial charge in [0.1, 0.15) is 24.1 Å². The summed E-state index contributed by atoms with van der Waals surface area (Å²) < 4.78 is 10.4. The number of aliphatic hydroxyl groups is 4. The van der Waals surface area contributed by atoms with E-state index in [1.807, 2.05) is 6.92 Å². The van der Waals surface area contributed by atoms with Crippen molar-refractivity contribution < 1.29 is 49.1 Å². The largest absolute Gasteiger partial charge is 0.387 e. The number of ketones is 2. The second-order valence-corrected chi connectivity index (χ2v) is 7.86. The third kappa shape index (κ3) is 15.0. The normalized spacial score (nSPS) is 14.6. The molecule has 0 radical (unpaired) electrons. The molecular formula is C22H40N2O10. The highest BCUT2D eigenvalue weighted by Gasteiger charge is 2.36. The van der Waals surface area contributed by atoms with Gasteiger partial charge in [-0.25, -0.2) is 0 Å². The summed E-state index contributed by atoms with van der Waals surface area (Å²) in [5, 5.41) is 44.5. The standard InChI is InChI=1S/C22H40N2O10/c1-3-4-9-24-22(32)21(31)20(30)19(29)18(28)16(26)6-5-10-23-17(27)8-12-34-14-13-33-11-7-15(2)25/h18-21,28-31H,3-14H2,1-2H3,(H,23,27)(H,24,32)/t18-,19+,20+,21-/m0/s1. The first kappa shape index (κ1) is 32.0. The molecule has 198 valence electrons. The minimum Gasteiger partial charge on any atom is -0.387 e. The van der Waals surface area contributed by atoms with E-state index < -0.39 is 36.1 Å². The summed E-state index contributed by atoms with van der Waals surface area (Å²) in [4.78, 5) is 46.2. The molecule has 0 unspecified atom stereocenters. The van der Waals surface area contributed by atoms with Gasteiger partial charge in [-0.3, -0.25) is 19.2 Å². The molecule has 0 rings (SSSR count). The van der Waals surface area contributed by atoms with Crippen LogP contribution in [0.25, 0.3) is 0 Å². The number of amides is 2. The Morgan fingerprint density at radius 1 is 0.735 bits per heavy atom. The van der Waals surface area contributed by atoms with Crippen molar-refractivity contribution in [3.05, 3.63) is 0 Å². The molecule has 12 heteroatoms. The minimum atomic E-state index is -2.04. The third-order valence-corrected chi connectivity index (χ3v) is 4.79. The first-order valence-corrected chi connectivity index (χ1v) is 11.6. The highest BCUT2D eigenvalue weighted by atomic mass is 16.5. The van der Waals surface area contributed by atoms with Crippen molar-refractivity contribution in [3.8, 4) is 0 Å². The number of carbonyl (C=O) groups excluding carboxylic acids is 4. The Morgan fingerprint density at radius 2 is 1.29 bits per heavy atom. The van der Waals surface area contributed by atoms with Crippen LogP contribution in [0.5, 0.6) is 0 Å². The molecule has 0 aliphatic rings. The van der Waals surface area contributed by atoms with Crippen LogP contribution in [-0.4, -0.2) is 108 Å². The molecule has 0 aromatic carbocycles. The van der Waals surface area contributed by atoms with Crippen LogP contribution in [0.1, 0.15) is 52.4 Å². The minimum absolute atomic E-state index is 0.0450. The Labute approximate surface area is 200 Å². The van der Waals surface area contributed by atoms with E-state index in [9.17, 15) is 39.6 Å². The smallest absolute Gasteiger partial charge is 0.251 e. The second kappa shape index (κ2) is 19.4. The molecule has 0 aromatic rings. The van der Waals surface area contributed by atoms with Gasteiger partial charge in [0.2, 0.25) is 5.91 Å². The van der Waals surface area contributed by atoms with Crippen LogP contribution in [-0.2, 0) is 28.7 Å². The summed E-state index contributed by atoms with van der Waals surface area (Å²) >= 11 is 0.